The van der Waals surface area contributed by atoms with Crippen LogP contribution in [0.15, 0.2) is 30.3 Å². The van der Waals surface area contributed by atoms with Gasteiger partial charge in [-0.15, -0.1) is 0 Å². The van der Waals surface area contributed by atoms with E-state index in [4.69, 9.17) is 5.73 Å². The molecule has 2 N–H and O–H groups in total. The molecule has 1 nitrogen and oxygen atoms in total. The van der Waals surface area contributed by atoms with E-state index in [9.17, 15) is 0 Å². The summed E-state index contributed by atoms with van der Waals surface area (Å²) in [6.07, 6.45) is 0. The molecule has 0 bridgehead atoms. The Morgan fingerprint density at radius 1 is 1.11 bits per heavy atom. The van der Waals surface area contributed by atoms with Crippen molar-refractivity contribution < 1.29 is 0 Å². The first-order valence-electron chi connectivity index (χ1n) is 2.67. The SMILES string of the molecule is NCc1ccccc1.P. The number of nitrogens with two attached hydrogens (primary N) is 1. The summed E-state index contributed by atoms with van der Waals surface area (Å²) in [6.45, 7) is 0.640. The lowest BCUT2D eigenvalue weighted by molar-refractivity contribution is 1.07. The molecule has 0 fully saturated rings. The molecule has 1 aromatic rings. The molecule has 0 aliphatic carbocycles. The second kappa shape index (κ2) is 4.49. The standard InChI is InChI=1S/C7H9N.H3P/c8-6-7-4-2-1-3-5-7;/h1-5H,6,8H2;1H3. The molecule has 0 aliphatic rings. The minimum atomic E-state index is 0. The molecular weight excluding hydrogens is 129 g/mol. The van der Waals surface area contributed by atoms with Gasteiger partial charge in [0, 0.05) is 6.54 Å². The predicted octanol–water partition coefficient (Wildman–Crippen LogP) is 1.20. The van der Waals surface area contributed by atoms with E-state index in [0.717, 1.165) is 0 Å². The largest absolute Gasteiger partial charge is 0.326 e. The smallest absolute Gasteiger partial charge is 0.0178 e. The van der Waals surface area contributed by atoms with Crippen molar-refractivity contribution in [3.05, 3.63) is 35.9 Å². The average Bonchev–Trinajstić information content (AvgIpc) is 1.90. The molecule has 1 atom stereocenters. The summed E-state index contributed by atoms with van der Waals surface area (Å²) in [4.78, 5) is 0. The Hall–Kier alpha value is -0.390. The van der Waals surface area contributed by atoms with Gasteiger partial charge in [0.15, 0.2) is 0 Å². The summed E-state index contributed by atoms with van der Waals surface area (Å²) in [5.74, 6) is 0. The van der Waals surface area contributed by atoms with Crippen molar-refractivity contribution in [1.82, 2.24) is 0 Å². The van der Waals surface area contributed by atoms with Crippen LogP contribution in [-0.2, 0) is 6.54 Å². The van der Waals surface area contributed by atoms with E-state index < -0.39 is 0 Å². The minimum Gasteiger partial charge on any atom is -0.326 e. The first kappa shape index (κ1) is 8.61. The summed E-state index contributed by atoms with van der Waals surface area (Å²) in [5.41, 5.74) is 6.54. The van der Waals surface area contributed by atoms with Gasteiger partial charge in [-0.1, -0.05) is 30.3 Å². The van der Waals surface area contributed by atoms with Crippen LogP contribution in [0.1, 0.15) is 5.56 Å². The molecule has 1 rings (SSSR count). The summed E-state index contributed by atoms with van der Waals surface area (Å²) >= 11 is 0. The molecule has 2 heteroatoms. The zero-order valence-electron chi connectivity index (χ0n) is 5.38. The van der Waals surface area contributed by atoms with Gasteiger partial charge in [-0.25, -0.2) is 0 Å². The number of benzene rings is 1. The van der Waals surface area contributed by atoms with Crippen molar-refractivity contribution >= 4 is 9.90 Å². The van der Waals surface area contributed by atoms with Crippen LogP contribution < -0.4 is 5.73 Å². The van der Waals surface area contributed by atoms with Crippen LogP contribution in [-0.4, -0.2) is 0 Å². The Balaban J connectivity index is 0.000000640. The quantitative estimate of drug-likeness (QED) is 0.584. The molecule has 0 aliphatic heterocycles. The third-order valence-electron chi connectivity index (χ3n) is 1.08. The van der Waals surface area contributed by atoms with Gasteiger partial charge in [0.25, 0.3) is 0 Å². The van der Waals surface area contributed by atoms with Crippen LogP contribution in [0.5, 0.6) is 0 Å². The molecular formula is C7H12NP. The van der Waals surface area contributed by atoms with Crippen molar-refractivity contribution in [3.63, 3.8) is 0 Å². The summed E-state index contributed by atoms with van der Waals surface area (Å²) < 4.78 is 0. The van der Waals surface area contributed by atoms with Crippen molar-refractivity contribution in [2.75, 3.05) is 0 Å². The van der Waals surface area contributed by atoms with Crippen LogP contribution in [0, 0.1) is 0 Å². The van der Waals surface area contributed by atoms with Crippen LogP contribution in [0.3, 0.4) is 0 Å². The van der Waals surface area contributed by atoms with E-state index in [1.54, 1.807) is 0 Å². The molecule has 1 unspecified atom stereocenters. The molecule has 0 amide bonds. The van der Waals surface area contributed by atoms with E-state index in [-0.39, 0.29) is 9.90 Å². The van der Waals surface area contributed by atoms with Crippen LogP contribution in [0.2, 0.25) is 0 Å². The highest BCUT2D eigenvalue weighted by Gasteiger charge is 1.80. The first-order valence-corrected chi connectivity index (χ1v) is 2.67. The maximum atomic E-state index is 5.35. The van der Waals surface area contributed by atoms with Gasteiger partial charge in [0.05, 0.1) is 0 Å². The number of rotatable bonds is 1. The average molecular weight is 141 g/mol. The van der Waals surface area contributed by atoms with Gasteiger partial charge < -0.3 is 5.73 Å². The number of hydrogen-bond acceptors (Lipinski definition) is 1. The van der Waals surface area contributed by atoms with Gasteiger partial charge in [-0.3, -0.25) is 0 Å². The monoisotopic (exact) mass is 141 g/mol. The van der Waals surface area contributed by atoms with E-state index in [1.807, 2.05) is 30.3 Å². The first-order chi connectivity index (χ1) is 3.93. The lowest BCUT2D eigenvalue weighted by Crippen LogP contribution is -1.94. The van der Waals surface area contributed by atoms with Gasteiger partial charge in [-0.2, -0.15) is 9.90 Å². The number of hydrogen-bond donors (Lipinski definition) is 1. The molecule has 50 valence electrons. The second-order valence-electron chi connectivity index (χ2n) is 1.69. The fourth-order valence-electron chi connectivity index (χ4n) is 0.614. The van der Waals surface area contributed by atoms with Gasteiger partial charge in [-0.05, 0) is 5.56 Å². The Morgan fingerprint density at radius 2 is 1.67 bits per heavy atom. The zero-order chi connectivity index (χ0) is 5.82. The third-order valence-corrected chi connectivity index (χ3v) is 1.08. The Morgan fingerprint density at radius 3 is 2.00 bits per heavy atom. The predicted molar refractivity (Wildman–Crippen MR) is 45.4 cm³/mol. The molecule has 0 radical (unpaired) electrons. The lowest BCUT2D eigenvalue weighted by Gasteiger charge is -1.90. The van der Waals surface area contributed by atoms with Crippen LogP contribution in [0.4, 0.5) is 0 Å². The fraction of sp³-hybridized carbons (Fsp3) is 0.143. The van der Waals surface area contributed by atoms with Gasteiger partial charge in [0.2, 0.25) is 0 Å². The second-order valence-corrected chi connectivity index (χ2v) is 1.69. The summed E-state index contributed by atoms with van der Waals surface area (Å²) in [5, 5.41) is 0. The molecule has 0 aromatic heterocycles. The zero-order valence-corrected chi connectivity index (χ0v) is 6.79. The Kier molecular flexibility index (Phi) is 4.29. The Labute approximate surface area is 58.9 Å². The van der Waals surface area contributed by atoms with E-state index >= 15 is 0 Å². The highest BCUT2D eigenvalue weighted by molar-refractivity contribution is 6.92. The maximum Gasteiger partial charge on any atom is 0.0178 e. The van der Waals surface area contributed by atoms with Gasteiger partial charge in [0.1, 0.15) is 0 Å². The maximum absolute atomic E-state index is 5.35. The van der Waals surface area contributed by atoms with Crippen LogP contribution in [0.25, 0.3) is 0 Å². The van der Waals surface area contributed by atoms with Gasteiger partial charge >= 0.3 is 0 Å². The lowest BCUT2D eigenvalue weighted by atomic mass is 10.2. The van der Waals surface area contributed by atoms with Crippen molar-refractivity contribution in [2.24, 2.45) is 5.73 Å². The topological polar surface area (TPSA) is 26.0 Å². The summed E-state index contributed by atoms with van der Waals surface area (Å²) in [7, 11) is 0. The highest BCUT2D eigenvalue weighted by atomic mass is 31.0. The van der Waals surface area contributed by atoms with E-state index in [1.165, 1.54) is 5.56 Å². The van der Waals surface area contributed by atoms with Crippen molar-refractivity contribution in [1.29, 1.82) is 0 Å². The molecule has 0 saturated heterocycles. The minimum absolute atomic E-state index is 0. The van der Waals surface area contributed by atoms with Crippen molar-refractivity contribution in [2.45, 2.75) is 6.54 Å². The molecule has 0 heterocycles. The summed E-state index contributed by atoms with van der Waals surface area (Å²) in [6, 6.07) is 9.99. The van der Waals surface area contributed by atoms with Crippen LogP contribution >= 0.6 is 9.90 Å². The normalized spacial score (nSPS) is 8.11. The molecule has 0 spiro atoms. The molecule has 1 aromatic carbocycles. The molecule has 9 heavy (non-hydrogen) atoms. The highest BCUT2D eigenvalue weighted by Crippen LogP contribution is 1.94. The fourth-order valence-corrected chi connectivity index (χ4v) is 0.614. The van der Waals surface area contributed by atoms with E-state index in [0.29, 0.717) is 6.54 Å². The third kappa shape index (κ3) is 2.59. The molecule has 0 saturated carbocycles. The Bertz CT molecular complexity index is 150. The van der Waals surface area contributed by atoms with E-state index in [2.05, 4.69) is 0 Å². The van der Waals surface area contributed by atoms with Crippen molar-refractivity contribution in [3.8, 4) is 0 Å².